The van der Waals surface area contributed by atoms with Crippen molar-refractivity contribution >= 4 is 94.3 Å². The van der Waals surface area contributed by atoms with Gasteiger partial charge < -0.3 is 60.0 Å². The van der Waals surface area contributed by atoms with Gasteiger partial charge >= 0.3 is 6.18 Å². The Hall–Kier alpha value is -8.96. The summed E-state index contributed by atoms with van der Waals surface area (Å²) in [5.41, 5.74) is -2.27. The maximum absolute atomic E-state index is 16.0. The summed E-state index contributed by atoms with van der Waals surface area (Å²) >= 11 is 6.22. The smallest absolute Gasteiger partial charge is 0.343 e. The molecule has 2 aromatic rings. The molecule has 3 aliphatic carbocycles. The lowest BCUT2D eigenvalue weighted by Gasteiger charge is -2.43. The lowest BCUT2D eigenvalue weighted by atomic mass is 9.81. The number of likely N-dealkylation sites (N-methyl/N-ethyl adjacent to an activating group) is 7. The summed E-state index contributed by atoms with van der Waals surface area (Å²) in [6.45, 7) is 4.57. The fourth-order valence-corrected chi connectivity index (χ4v) is 17.1. The third-order valence-corrected chi connectivity index (χ3v) is 24.1. The number of imide groups is 1. The highest BCUT2D eigenvalue weighted by Gasteiger charge is 2.50. The molecule has 1 spiro atoms. The summed E-state index contributed by atoms with van der Waals surface area (Å²) in [6, 6.07) is 1.27. The SMILES string of the molecule is CC[C@H](C)[C@@H]1NC(=O)[C@H](CC(C)C)N(C)C(=O)C[C@@H](C(=O)N2CCCCC2)N(C)C(=O)[C@H](C2CCCCC2)N(C)C(=O)C2(CCCC2)NC(=O)CN(C/C=C/CN2C(=O)c3ccccc3C2=O)C(=O)[C@H](CCc2ccc(C(F)(F)F)c(Cl)c2)NC(=O)CN(C)C(=O)[C@H](CC2CCCCC2)N(C)C(=O)CN(C)C(=O)CN(C)C1=O. The number of nitrogens with zero attached hydrogens (tertiary/aromatic N) is 10. The molecule has 3 N–H and O–H groups in total. The first kappa shape index (κ1) is 89.6. The van der Waals surface area contributed by atoms with Gasteiger partial charge in [-0.05, 0) is 124 Å². The van der Waals surface area contributed by atoms with Gasteiger partial charge in [-0.15, -0.1) is 0 Å². The molecule has 3 heterocycles. The summed E-state index contributed by atoms with van der Waals surface area (Å²) in [5, 5.41) is 7.97. The summed E-state index contributed by atoms with van der Waals surface area (Å²) in [7, 11) is 9.81. The fourth-order valence-electron chi connectivity index (χ4n) is 16.7. The number of fused-ring (bicyclic) bond motifs is 1. The summed E-state index contributed by atoms with van der Waals surface area (Å²) < 4.78 is 42.2. The molecule has 14 amide bonds. The van der Waals surface area contributed by atoms with E-state index in [1.807, 2.05) is 20.8 Å². The fraction of sp³-hybridized carbons (Fsp3) is 0.659. The van der Waals surface area contributed by atoms with E-state index < -0.39 is 192 Å². The largest absolute Gasteiger partial charge is 0.417 e. The average molecular weight is 1600 g/mol. The van der Waals surface area contributed by atoms with Gasteiger partial charge in [0.2, 0.25) is 70.9 Å². The van der Waals surface area contributed by atoms with Gasteiger partial charge in [0.15, 0.2) is 0 Å². The number of likely N-dealkylation sites (tertiary alicyclic amines) is 1. The molecule has 8 rings (SSSR count). The summed E-state index contributed by atoms with van der Waals surface area (Å²) in [4.78, 5) is 221. The number of carbonyl (C=O) groups excluding carboxylic acids is 14. The van der Waals surface area contributed by atoms with Crippen molar-refractivity contribution in [1.29, 1.82) is 0 Å². The van der Waals surface area contributed by atoms with Crippen molar-refractivity contribution in [3.63, 3.8) is 0 Å². The topological polar surface area (TPSA) is 307 Å². The summed E-state index contributed by atoms with van der Waals surface area (Å²) in [6.07, 6.45) is 8.07. The molecular weight excluding hydrogens is 1480 g/mol. The molecule has 0 radical (unpaired) electrons. The molecular formula is C82H117ClF3N13O14. The van der Waals surface area contributed by atoms with Crippen molar-refractivity contribution in [1.82, 2.24) is 64.9 Å². The number of benzene rings is 2. The van der Waals surface area contributed by atoms with Crippen molar-refractivity contribution in [2.24, 2.45) is 23.7 Å². The summed E-state index contributed by atoms with van der Waals surface area (Å²) in [5.74, 6) is -11.0. The predicted octanol–water partition coefficient (Wildman–Crippen LogP) is 7.11. The van der Waals surface area contributed by atoms with E-state index in [1.165, 1.54) is 93.2 Å². The monoisotopic (exact) mass is 1600 g/mol. The van der Waals surface area contributed by atoms with E-state index in [4.69, 9.17) is 11.6 Å². The minimum atomic E-state index is -4.82. The van der Waals surface area contributed by atoms with Gasteiger partial charge in [0.1, 0.15) is 41.8 Å². The Balaban J connectivity index is 1.21. The second kappa shape index (κ2) is 40.4. The first-order valence-corrected chi connectivity index (χ1v) is 40.6. The van der Waals surface area contributed by atoms with Crippen LogP contribution < -0.4 is 16.0 Å². The molecule has 31 heteroatoms. The van der Waals surface area contributed by atoms with Crippen molar-refractivity contribution in [3.8, 4) is 0 Å². The van der Waals surface area contributed by atoms with Crippen molar-refractivity contribution < 1.29 is 80.3 Å². The number of halogens is 4. The molecule has 0 bridgehead atoms. The van der Waals surface area contributed by atoms with Crippen molar-refractivity contribution in [2.75, 3.05) is 102 Å². The van der Waals surface area contributed by atoms with Crippen molar-refractivity contribution in [2.45, 2.75) is 223 Å². The van der Waals surface area contributed by atoms with E-state index in [0.717, 1.165) is 87.6 Å². The number of rotatable bonds is 15. The van der Waals surface area contributed by atoms with Gasteiger partial charge in [-0.2, -0.15) is 13.2 Å². The molecule has 27 nitrogen and oxygen atoms in total. The minimum Gasteiger partial charge on any atom is -0.343 e. The Morgan fingerprint density at radius 2 is 1.18 bits per heavy atom. The van der Waals surface area contributed by atoms with Crippen LogP contribution in [0, 0.1) is 23.7 Å². The first-order chi connectivity index (χ1) is 53.5. The third kappa shape index (κ3) is 22.7. The Kier molecular flexibility index (Phi) is 32.0. The lowest BCUT2D eigenvalue weighted by molar-refractivity contribution is -0.157. The molecule has 6 aliphatic rings. The number of hydrogen-bond donors (Lipinski definition) is 3. The van der Waals surface area contributed by atoms with Gasteiger partial charge in [0.25, 0.3) is 11.8 Å². The standard InChI is InChI=1S/C82H117ClF3N13O14/c1-12-53(4)70-78(111)92(7)50-68(103)90(5)51-69(104)94(9)63(46-54-28-16-13-17-29-54)76(109)91(6)48-65(100)87-61(37-35-55-34-36-59(60(83)45-55)82(84,85)86)75(108)98(42-26-27-43-99-73(106)57-32-20-21-33-58(57)74(99)107)49-66(101)89-81(38-22-23-39-81)80(113)96(11)71(56-30-18-14-19-31-56)79(112)95(10)64(77(110)97-40-24-15-25-41-97)47-67(102)93(8)62(44-52(2)3)72(105)88-70/h20-21,26-27,32-34,36,45,52-54,56,61-64,70-71H,12-19,22-25,28-31,35,37-44,46-51H2,1-11H3,(H,87,100)(H,88,105)(H,89,101)/b27-26+/t53-,61-,62-,63-,64-,70-,71-/m0/s1. The average Bonchev–Trinajstić information content (AvgIpc) is 1.66. The molecule has 0 unspecified atom stereocenters. The number of alkyl halides is 3. The normalized spacial score (nSPS) is 24.7. The van der Waals surface area contributed by atoms with Crippen LogP contribution in [0.5, 0.6) is 0 Å². The molecule has 2 saturated heterocycles. The number of aryl methyl sites for hydroxylation is 1. The molecule has 622 valence electrons. The molecule has 3 aliphatic heterocycles. The van der Waals surface area contributed by atoms with E-state index in [1.54, 1.807) is 24.0 Å². The maximum Gasteiger partial charge on any atom is 0.417 e. The van der Waals surface area contributed by atoms with Gasteiger partial charge in [-0.3, -0.25) is 72.0 Å². The highest BCUT2D eigenvalue weighted by molar-refractivity contribution is 6.31. The van der Waals surface area contributed by atoms with Crippen LogP contribution in [0.1, 0.15) is 201 Å². The lowest BCUT2D eigenvalue weighted by Crippen LogP contribution is -2.64. The van der Waals surface area contributed by atoms with E-state index in [9.17, 15) is 46.7 Å². The Morgan fingerprint density at radius 3 is 1.77 bits per heavy atom. The van der Waals surface area contributed by atoms with Gasteiger partial charge in [0.05, 0.1) is 54.3 Å². The van der Waals surface area contributed by atoms with E-state index in [-0.39, 0.29) is 73.6 Å². The number of hydrogen-bond acceptors (Lipinski definition) is 14. The minimum absolute atomic E-state index is 0.0364. The molecule has 5 fully saturated rings. The highest BCUT2D eigenvalue weighted by atomic mass is 35.5. The predicted molar refractivity (Wildman–Crippen MR) is 416 cm³/mol. The quantitative estimate of drug-likeness (QED) is 0.118. The number of carbonyl (C=O) groups is 14. The zero-order valence-electron chi connectivity index (χ0n) is 67.6. The van der Waals surface area contributed by atoms with Crippen LogP contribution in [0.2, 0.25) is 5.02 Å². The molecule has 0 aromatic heterocycles. The van der Waals surface area contributed by atoms with Crippen LogP contribution in [-0.4, -0.2) is 275 Å². The van der Waals surface area contributed by atoms with Crippen LogP contribution in [0.25, 0.3) is 0 Å². The Bertz CT molecular complexity index is 3800. The molecule has 2 aromatic carbocycles. The number of nitrogens with one attached hydrogen (secondary N) is 3. The number of amides is 14. The van der Waals surface area contributed by atoms with E-state index >= 15 is 33.6 Å². The second-order valence-electron chi connectivity index (χ2n) is 32.5. The van der Waals surface area contributed by atoms with Crippen LogP contribution >= 0.6 is 11.6 Å². The van der Waals surface area contributed by atoms with Gasteiger partial charge in [-0.1, -0.05) is 140 Å². The zero-order valence-corrected chi connectivity index (χ0v) is 68.3. The van der Waals surface area contributed by atoms with Crippen LogP contribution in [0.4, 0.5) is 13.2 Å². The zero-order chi connectivity index (χ0) is 82.9. The molecule has 113 heavy (non-hydrogen) atoms. The number of piperidine rings is 1. The second-order valence-corrected chi connectivity index (χ2v) is 32.9. The van der Waals surface area contributed by atoms with E-state index in [2.05, 4.69) is 16.0 Å². The van der Waals surface area contributed by atoms with Crippen molar-refractivity contribution in [3.05, 3.63) is 81.9 Å². The Labute approximate surface area is 667 Å². The van der Waals surface area contributed by atoms with Gasteiger partial charge in [-0.25, -0.2) is 0 Å². The molecule has 7 atom stereocenters. The van der Waals surface area contributed by atoms with Gasteiger partial charge in [0, 0.05) is 75.5 Å². The van der Waals surface area contributed by atoms with Crippen LogP contribution in [0.3, 0.4) is 0 Å². The van der Waals surface area contributed by atoms with Crippen LogP contribution in [0.15, 0.2) is 54.6 Å². The molecule has 3 saturated carbocycles. The Morgan fingerprint density at radius 1 is 0.602 bits per heavy atom. The highest BCUT2D eigenvalue weighted by Crippen LogP contribution is 2.38. The first-order valence-electron chi connectivity index (χ1n) is 40.2. The van der Waals surface area contributed by atoms with Crippen LogP contribution in [-0.2, 0) is 70.1 Å². The maximum atomic E-state index is 16.0. The van der Waals surface area contributed by atoms with E-state index in [0.29, 0.717) is 70.9 Å². The third-order valence-electron chi connectivity index (χ3n) is 23.8.